The van der Waals surface area contributed by atoms with Crippen LogP contribution < -0.4 is 11.1 Å². The Balaban J connectivity index is 1.86. The first-order chi connectivity index (χ1) is 9.13. The highest BCUT2D eigenvalue weighted by molar-refractivity contribution is 5.89. The molecular formula is C15H17N3O. The molecule has 0 fully saturated rings. The molecule has 0 aliphatic carbocycles. The summed E-state index contributed by atoms with van der Waals surface area (Å²) in [6, 6.07) is 13.1. The maximum absolute atomic E-state index is 11.8. The zero-order valence-corrected chi connectivity index (χ0v) is 10.9. The Hall–Kier alpha value is -2.36. The number of benzene rings is 1. The van der Waals surface area contributed by atoms with Crippen LogP contribution in [0, 0.1) is 6.92 Å². The summed E-state index contributed by atoms with van der Waals surface area (Å²) < 4.78 is 0. The van der Waals surface area contributed by atoms with E-state index in [0.29, 0.717) is 18.7 Å². The molecule has 2 aromatic rings. The Morgan fingerprint density at radius 2 is 1.95 bits per heavy atom. The van der Waals surface area contributed by atoms with Gasteiger partial charge in [0, 0.05) is 17.8 Å². The van der Waals surface area contributed by atoms with E-state index >= 15 is 0 Å². The Labute approximate surface area is 112 Å². The predicted molar refractivity (Wildman–Crippen MR) is 76.8 cm³/mol. The van der Waals surface area contributed by atoms with Gasteiger partial charge in [-0.3, -0.25) is 4.79 Å². The van der Waals surface area contributed by atoms with Crippen molar-refractivity contribution in [3.8, 4) is 0 Å². The van der Waals surface area contributed by atoms with Gasteiger partial charge in [0.05, 0.1) is 0 Å². The molecule has 0 saturated carbocycles. The van der Waals surface area contributed by atoms with Gasteiger partial charge < -0.3 is 11.1 Å². The highest BCUT2D eigenvalue weighted by Crippen LogP contribution is 2.09. The van der Waals surface area contributed by atoms with E-state index in [9.17, 15) is 4.79 Å². The van der Waals surface area contributed by atoms with Crippen molar-refractivity contribution in [3.63, 3.8) is 0 Å². The van der Waals surface area contributed by atoms with Crippen molar-refractivity contribution in [1.82, 2.24) is 4.98 Å². The summed E-state index contributed by atoms with van der Waals surface area (Å²) in [5, 5.41) is 2.79. The molecule has 0 saturated heterocycles. The molecule has 1 aromatic carbocycles. The van der Waals surface area contributed by atoms with Crippen LogP contribution >= 0.6 is 0 Å². The van der Waals surface area contributed by atoms with Crippen LogP contribution in [0.2, 0.25) is 0 Å². The second-order valence-electron chi connectivity index (χ2n) is 4.45. The molecule has 0 spiro atoms. The highest BCUT2D eigenvalue weighted by Gasteiger charge is 2.04. The number of anilines is 2. The number of nitrogen functional groups attached to an aromatic ring is 1. The number of aromatic nitrogens is 1. The van der Waals surface area contributed by atoms with Gasteiger partial charge in [0.1, 0.15) is 5.82 Å². The first kappa shape index (κ1) is 13.1. The maximum atomic E-state index is 11.8. The van der Waals surface area contributed by atoms with Crippen LogP contribution in [0.15, 0.2) is 42.5 Å². The fourth-order valence-corrected chi connectivity index (χ4v) is 1.76. The third kappa shape index (κ3) is 4.10. The van der Waals surface area contributed by atoms with E-state index in [2.05, 4.69) is 10.3 Å². The second kappa shape index (κ2) is 6.00. The summed E-state index contributed by atoms with van der Waals surface area (Å²) in [7, 11) is 0. The van der Waals surface area contributed by atoms with E-state index in [1.807, 2.05) is 43.3 Å². The molecule has 1 amide bonds. The lowest BCUT2D eigenvalue weighted by atomic mass is 10.1. The molecule has 0 atom stereocenters. The lowest BCUT2D eigenvalue weighted by Crippen LogP contribution is -2.13. The topological polar surface area (TPSA) is 68.0 Å². The zero-order valence-electron chi connectivity index (χ0n) is 10.9. The summed E-state index contributed by atoms with van der Waals surface area (Å²) in [6.45, 7) is 1.89. The Kier molecular flexibility index (Phi) is 4.13. The van der Waals surface area contributed by atoms with E-state index < -0.39 is 0 Å². The van der Waals surface area contributed by atoms with Crippen LogP contribution in [-0.4, -0.2) is 10.9 Å². The quantitative estimate of drug-likeness (QED) is 0.825. The van der Waals surface area contributed by atoms with Crippen molar-refractivity contribution in [2.45, 2.75) is 19.8 Å². The largest absolute Gasteiger partial charge is 0.399 e. The number of hydrogen-bond acceptors (Lipinski definition) is 3. The number of rotatable bonds is 4. The van der Waals surface area contributed by atoms with Crippen LogP contribution in [0.3, 0.4) is 0 Å². The first-order valence-electron chi connectivity index (χ1n) is 6.21. The van der Waals surface area contributed by atoms with Gasteiger partial charge in [-0.2, -0.15) is 0 Å². The number of amides is 1. The van der Waals surface area contributed by atoms with Crippen LogP contribution in [-0.2, 0) is 11.2 Å². The molecule has 4 heteroatoms. The number of nitrogens with zero attached hydrogens (tertiary/aromatic N) is 1. The van der Waals surface area contributed by atoms with Crippen molar-refractivity contribution in [2.24, 2.45) is 0 Å². The number of carbonyl (C=O) groups is 1. The number of aryl methyl sites for hydroxylation is 2. The van der Waals surface area contributed by atoms with Gasteiger partial charge in [0.25, 0.3) is 0 Å². The molecule has 98 valence electrons. The van der Waals surface area contributed by atoms with Gasteiger partial charge in [0.2, 0.25) is 5.91 Å². The first-order valence-corrected chi connectivity index (χ1v) is 6.21. The monoisotopic (exact) mass is 255 g/mol. The van der Waals surface area contributed by atoms with Gasteiger partial charge in [-0.05, 0) is 43.2 Å². The van der Waals surface area contributed by atoms with Gasteiger partial charge in [-0.25, -0.2) is 4.98 Å². The van der Waals surface area contributed by atoms with E-state index in [1.54, 1.807) is 6.07 Å². The molecule has 3 N–H and O–H groups in total. The molecule has 19 heavy (non-hydrogen) atoms. The van der Waals surface area contributed by atoms with Crippen molar-refractivity contribution >= 4 is 17.4 Å². The van der Waals surface area contributed by atoms with E-state index in [-0.39, 0.29) is 5.91 Å². The smallest absolute Gasteiger partial charge is 0.225 e. The molecule has 0 aliphatic heterocycles. The molecule has 1 heterocycles. The molecular weight excluding hydrogens is 238 g/mol. The summed E-state index contributed by atoms with van der Waals surface area (Å²) in [6.07, 6.45) is 1.12. The van der Waals surface area contributed by atoms with Crippen molar-refractivity contribution < 1.29 is 4.79 Å². The second-order valence-corrected chi connectivity index (χ2v) is 4.45. The van der Waals surface area contributed by atoms with Crippen molar-refractivity contribution in [3.05, 3.63) is 53.7 Å². The molecule has 1 aromatic heterocycles. The number of nitrogens with one attached hydrogen (secondary N) is 1. The predicted octanol–water partition coefficient (Wildman–Crippen LogP) is 2.54. The number of pyridine rings is 1. The standard InChI is InChI=1S/C15H17N3O/c1-11-3-2-4-14(17-11)18-15(19)10-7-12-5-8-13(16)9-6-12/h2-6,8-9H,7,10,16H2,1H3,(H,17,18,19). The summed E-state index contributed by atoms with van der Waals surface area (Å²) in [4.78, 5) is 16.0. The molecule has 0 bridgehead atoms. The fraction of sp³-hybridized carbons (Fsp3) is 0.200. The molecule has 4 nitrogen and oxygen atoms in total. The highest BCUT2D eigenvalue weighted by atomic mass is 16.1. The Morgan fingerprint density at radius 1 is 1.21 bits per heavy atom. The molecule has 0 unspecified atom stereocenters. The average molecular weight is 255 g/mol. The van der Waals surface area contributed by atoms with Crippen LogP contribution in [0.4, 0.5) is 11.5 Å². The minimum absolute atomic E-state index is 0.0325. The molecule has 0 aliphatic rings. The van der Waals surface area contributed by atoms with Crippen LogP contribution in [0.1, 0.15) is 17.7 Å². The minimum Gasteiger partial charge on any atom is -0.399 e. The third-order valence-electron chi connectivity index (χ3n) is 2.78. The summed E-state index contributed by atoms with van der Waals surface area (Å²) in [5.41, 5.74) is 8.33. The SMILES string of the molecule is Cc1cccc(NC(=O)CCc2ccc(N)cc2)n1. The van der Waals surface area contributed by atoms with Crippen molar-refractivity contribution in [1.29, 1.82) is 0 Å². The summed E-state index contributed by atoms with van der Waals surface area (Å²) >= 11 is 0. The fourth-order valence-electron chi connectivity index (χ4n) is 1.76. The number of carbonyl (C=O) groups excluding carboxylic acids is 1. The lowest BCUT2D eigenvalue weighted by Gasteiger charge is -2.05. The number of hydrogen-bond donors (Lipinski definition) is 2. The average Bonchev–Trinajstić information content (AvgIpc) is 2.38. The van der Waals surface area contributed by atoms with Crippen LogP contribution in [0.5, 0.6) is 0 Å². The summed E-state index contributed by atoms with van der Waals surface area (Å²) in [5.74, 6) is 0.567. The third-order valence-corrected chi connectivity index (χ3v) is 2.78. The van der Waals surface area contributed by atoms with Crippen LogP contribution in [0.25, 0.3) is 0 Å². The Bertz CT molecular complexity index is 564. The lowest BCUT2D eigenvalue weighted by molar-refractivity contribution is -0.116. The molecule has 2 rings (SSSR count). The number of nitrogens with two attached hydrogens (primary N) is 1. The normalized spacial score (nSPS) is 10.2. The maximum Gasteiger partial charge on any atom is 0.225 e. The van der Waals surface area contributed by atoms with Gasteiger partial charge in [0.15, 0.2) is 0 Å². The van der Waals surface area contributed by atoms with Gasteiger partial charge in [-0.1, -0.05) is 18.2 Å². The van der Waals surface area contributed by atoms with E-state index in [0.717, 1.165) is 16.9 Å². The van der Waals surface area contributed by atoms with Gasteiger partial charge >= 0.3 is 0 Å². The Morgan fingerprint density at radius 3 is 2.63 bits per heavy atom. The van der Waals surface area contributed by atoms with E-state index in [1.165, 1.54) is 0 Å². The zero-order chi connectivity index (χ0) is 13.7. The van der Waals surface area contributed by atoms with Gasteiger partial charge in [-0.15, -0.1) is 0 Å². The minimum atomic E-state index is -0.0325. The molecule has 0 radical (unpaired) electrons. The van der Waals surface area contributed by atoms with E-state index in [4.69, 9.17) is 5.73 Å². The van der Waals surface area contributed by atoms with Crippen molar-refractivity contribution in [2.75, 3.05) is 11.1 Å².